The molecule has 0 spiro atoms. The smallest absolute Gasteiger partial charge is 0.0541 e. The molecule has 1 fully saturated rings. The summed E-state index contributed by atoms with van der Waals surface area (Å²) in [6.45, 7) is 6.42. The predicted octanol–water partition coefficient (Wildman–Crippen LogP) is 2.70. The van der Waals surface area contributed by atoms with Gasteiger partial charge in [0.15, 0.2) is 0 Å². The first kappa shape index (κ1) is 12.6. The molecule has 1 aliphatic carbocycles. The van der Waals surface area contributed by atoms with Gasteiger partial charge in [0.1, 0.15) is 0 Å². The van der Waals surface area contributed by atoms with E-state index in [2.05, 4.69) is 32.9 Å². The zero-order valence-electron chi connectivity index (χ0n) is 11.1. The van der Waals surface area contributed by atoms with Crippen LogP contribution in [-0.2, 0) is 5.54 Å². The molecule has 0 atom stereocenters. The lowest BCUT2D eigenvalue weighted by Crippen LogP contribution is -2.42. The third-order valence-corrected chi connectivity index (χ3v) is 4.22. The maximum absolute atomic E-state index is 9.60. The Hall–Kier alpha value is -0.860. The maximum Gasteiger partial charge on any atom is 0.0541 e. The van der Waals surface area contributed by atoms with Crippen LogP contribution >= 0.6 is 0 Å². The zero-order valence-corrected chi connectivity index (χ0v) is 11.1. The van der Waals surface area contributed by atoms with Crippen molar-refractivity contribution in [3.05, 3.63) is 34.4 Å². The third-order valence-electron chi connectivity index (χ3n) is 4.22. The number of aliphatic hydroxyl groups excluding tert-OH is 1. The van der Waals surface area contributed by atoms with Crippen molar-refractivity contribution in [3.63, 3.8) is 0 Å². The Balaban J connectivity index is 2.36. The van der Waals surface area contributed by atoms with E-state index in [0.29, 0.717) is 0 Å². The lowest BCUT2D eigenvalue weighted by atomic mass is 9.74. The van der Waals surface area contributed by atoms with Crippen LogP contribution in [-0.4, -0.2) is 11.2 Å². The fourth-order valence-electron chi connectivity index (χ4n) is 2.88. The molecule has 17 heavy (non-hydrogen) atoms. The van der Waals surface area contributed by atoms with Crippen molar-refractivity contribution in [2.75, 3.05) is 0 Å². The number of hydrogen-bond donors (Lipinski definition) is 2. The van der Waals surface area contributed by atoms with Gasteiger partial charge >= 0.3 is 0 Å². The van der Waals surface area contributed by atoms with Crippen LogP contribution in [0.15, 0.2) is 12.1 Å². The Labute approximate surface area is 104 Å². The third kappa shape index (κ3) is 2.38. The topological polar surface area (TPSA) is 46.2 Å². The number of hydrogen-bond acceptors (Lipinski definition) is 2. The van der Waals surface area contributed by atoms with E-state index in [1.165, 1.54) is 22.3 Å². The van der Waals surface area contributed by atoms with Gasteiger partial charge in [0.05, 0.1) is 6.10 Å². The van der Waals surface area contributed by atoms with Crippen LogP contribution in [0.5, 0.6) is 0 Å². The van der Waals surface area contributed by atoms with Gasteiger partial charge < -0.3 is 10.8 Å². The summed E-state index contributed by atoms with van der Waals surface area (Å²) < 4.78 is 0. The van der Waals surface area contributed by atoms with E-state index in [1.807, 2.05) is 0 Å². The Morgan fingerprint density at radius 2 is 1.59 bits per heavy atom. The number of benzene rings is 1. The summed E-state index contributed by atoms with van der Waals surface area (Å²) in [7, 11) is 0. The van der Waals surface area contributed by atoms with Crippen LogP contribution < -0.4 is 5.73 Å². The first-order valence-electron chi connectivity index (χ1n) is 6.48. The Bertz CT molecular complexity index is 417. The van der Waals surface area contributed by atoms with Crippen molar-refractivity contribution in [1.29, 1.82) is 0 Å². The van der Waals surface area contributed by atoms with Crippen molar-refractivity contribution in [1.82, 2.24) is 0 Å². The fraction of sp³-hybridized carbons (Fsp3) is 0.600. The molecular formula is C15H23NO. The molecule has 0 amide bonds. The molecular weight excluding hydrogens is 210 g/mol. The molecule has 0 heterocycles. The Kier molecular flexibility index (Phi) is 3.28. The van der Waals surface area contributed by atoms with E-state index in [0.717, 1.165) is 25.7 Å². The molecule has 1 saturated carbocycles. The maximum atomic E-state index is 9.60. The van der Waals surface area contributed by atoms with Crippen LogP contribution in [0, 0.1) is 20.8 Å². The second kappa shape index (κ2) is 4.43. The highest BCUT2D eigenvalue weighted by atomic mass is 16.3. The number of rotatable bonds is 1. The molecule has 3 N–H and O–H groups in total. The average Bonchev–Trinajstić information content (AvgIpc) is 2.28. The van der Waals surface area contributed by atoms with Crippen molar-refractivity contribution in [3.8, 4) is 0 Å². The Morgan fingerprint density at radius 1 is 1.06 bits per heavy atom. The molecule has 2 nitrogen and oxygen atoms in total. The lowest BCUT2D eigenvalue weighted by molar-refractivity contribution is 0.0967. The molecule has 1 aromatic rings. The molecule has 0 aromatic heterocycles. The van der Waals surface area contributed by atoms with E-state index >= 15 is 0 Å². The van der Waals surface area contributed by atoms with Gasteiger partial charge in [0.25, 0.3) is 0 Å². The number of aliphatic hydroxyl groups is 1. The second-order valence-corrected chi connectivity index (χ2v) is 5.64. The number of aryl methyl sites for hydroxylation is 3. The molecule has 0 bridgehead atoms. The highest BCUT2D eigenvalue weighted by Crippen LogP contribution is 2.37. The van der Waals surface area contributed by atoms with E-state index < -0.39 is 0 Å². The standard InChI is InChI=1S/C15H23NO/c1-10-8-12(3)14(9-11(10)2)15(16)6-4-13(17)5-7-15/h8-9,13,17H,4-7,16H2,1-3H3. The minimum absolute atomic E-state index is 0.154. The molecule has 1 aromatic carbocycles. The molecule has 0 saturated heterocycles. The van der Waals surface area contributed by atoms with Gasteiger partial charge in [-0.15, -0.1) is 0 Å². The van der Waals surface area contributed by atoms with Gasteiger partial charge in [-0.3, -0.25) is 0 Å². The van der Waals surface area contributed by atoms with E-state index in [1.54, 1.807) is 0 Å². The molecule has 2 heteroatoms. The molecule has 0 radical (unpaired) electrons. The normalized spacial score (nSPS) is 29.4. The minimum Gasteiger partial charge on any atom is -0.393 e. The van der Waals surface area contributed by atoms with Gasteiger partial charge in [0.2, 0.25) is 0 Å². The monoisotopic (exact) mass is 233 g/mol. The van der Waals surface area contributed by atoms with Crippen molar-refractivity contribution < 1.29 is 5.11 Å². The lowest BCUT2D eigenvalue weighted by Gasteiger charge is -2.37. The molecule has 0 unspecified atom stereocenters. The molecule has 1 aliphatic rings. The average molecular weight is 233 g/mol. The van der Waals surface area contributed by atoms with Gasteiger partial charge in [-0.05, 0) is 68.7 Å². The van der Waals surface area contributed by atoms with Gasteiger partial charge in [-0.2, -0.15) is 0 Å². The summed E-state index contributed by atoms with van der Waals surface area (Å²) in [5.41, 5.74) is 11.5. The molecule has 0 aliphatic heterocycles. The number of nitrogens with two attached hydrogens (primary N) is 1. The summed E-state index contributed by atoms with van der Waals surface area (Å²) in [5.74, 6) is 0. The van der Waals surface area contributed by atoms with Crippen molar-refractivity contribution in [2.24, 2.45) is 5.73 Å². The highest BCUT2D eigenvalue weighted by Gasteiger charge is 2.33. The van der Waals surface area contributed by atoms with Crippen LogP contribution in [0.25, 0.3) is 0 Å². The summed E-state index contributed by atoms with van der Waals surface area (Å²) in [5, 5.41) is 9.60. The van der Waals surface area contributed by atoms with Crippen LogP contribution in [0.3, 0.4) is 0 Å². The summed E-state index contributed by atoms with van der Waals surface area (Å²) >= 11 is 0. The first-order valence-corrected chi connectivity index (χ1v) is 6.48. The van der Waals surface area contributed by atoms with Crippen LogP contribution in [0.2, 0.25) is 0 Å². The largest absolute Gasteiger partial charge is 0.393 e. The Morgan fingerprint density at radius 3 is 2.18 bits per heavy atom. The predicted molar refractivity (Wildman–Crippen MR) is 71.0 cm³/mol. The van der Waals surface area contributed by atoms with Gasteiger partial charge in [-0.1, -0.05) is 12.1 Å². The zero-order chi connectivity index (χ0) is 12.6. The van der Waals surface area contributed by atoms with E-state index in [4.69, 9.17) is 5.73 Å². The first-order chi connectivity index (χ1) is 7.92. The second-order valence-electron chi connectivity index (χ2n) is 5.64. The van der Waals surface area contributed by atoms with Gasteiger partial charge in [-0.25, -0.2) is 0 Å². The van der Waals surface area contributed by atoms with E-state index in [9.17, 15) is 5.11 Å². The van der Waals surface area contributed by atoms with Crippen molar-refractivity contribution in [2.45, 2.75) is 58.1 Å². The molecule has 2 rings (SSSR count). The SMILES string of the molecule is Cc1cc(C)c(C2(N)CCC(O)CC2)cc1C. The van der Waals surface area contributed by atoms with Crippen molar-refractivity contribution >= 4 is 0 Å². The minimum atomic E-state index is -0.234. The van der Waals surface area contributed by atoms with Crippen LogP contribution in [0.4, 0.5) is 0 Å². The van der Waals surface area contributed by atoms with E-state index in [-0.39, 0.29) is 11.6 Å². The fourth-order valence-corrected chi connectivity index (χ4v) is 2.88. The molecule has 94 valence electrons. The quantitative estimate of drug-likeness (QED) is 0.783. The van der Waals surface area contributed by atoms with Gasteiger partial charge in [0, 0.05) is 5.54 Å². The summed E-state index contributed by atoms with van der Waals surface area (Å²) in [6, 6.07) is 4.46. The van der Waals surface area contributed by atoms with Crippen LogP contribution in [0.1, 0.15) is 47.9 Å². The summed E-state index contributed by atoms with van der Waals surface area (Å²) in [6.07, 6.45) is 3.26. The summed E-state index contributed by atoms with van der Waals surface area (Å²) in [4.78, 5) is 0. The highest BCUT2D eigenvalue weighted by molar-refractivity contribution is 5.40.